The fourth-order valence-corrected chi connectivity index (χ4v) is 5.80. The topological polar surface area (TPSA) is 65.7 Å². The number of halogens is 1. The molecule has 0 bridgehead atoms. The number of pyridine rings is 1. The van der Waals surface area contributed by atoms with Gasteiger partial charge in [0.25, 0.3) is 0 Å². The Bertz CT molecular complexity index is 1940. The molecular formula is C38H28ClN5O. The molecule has 218 valence electrons. The summed E-state index contributed by atoms with van der Waals surface area (Å²) in [4.78, 5) is 13.2. The van der Waals surface area contributed by atoms with E-state index in [0.717, 1.165) is 39.1 Å². The lowest BCUT2D eigenvalue weighted by molar-refractivity contribution is 0.154. The van der Waals surface area contributed by atoms with E-state index in [1.54, 1.807) is 17.1 Å². The summed E-state index contributed by atoms with van der Waals surface area (Å²) in [6.07, 6.45) is 6.92. The smallest absolute Gasteiger partial charge is 0.184 e. The van der Waals surface area contributed by atoms with E-state index in [1.165, 1.54) is 6.33 Å². The highest BCUT2D eigenvalue weighted by molar-refractivity contribution is 6.31. The summed E-state index contributed by atoms with van der Waals surface area (Å²) in [7, 11) is 0. The van der Waals surface area contributed by atoms with Gasteiger partial charge in [0.1, 0.15) is 17.8 Å². The predicted octanol–water partition coefficient (Wildman–Crippen LogP) is 8.72. The molecule has 7 rings (SSSR count). The van der Waals surface area contributed by atoms with Gasteiger partial charge in [-0.2, -0.15) is 5.10 Å². The minimum absolute atomic E-state index is 0.562. The minimum atomic E-state index is -0.973. The predicted molar refractivity (Wildman–Crippen MR) is 177 cm³/mol. The number of ether oxygens (including phenoxy) is 1. The first-order chi connectivity index (χ1) is 22.1. The first kappa shape index (κ1) is 28.2. The van der Waals surface area contributed by atoms with Crippen molar-refractivity contribution < 1.29 is 4.74 Å². The van der Waals surface area contributed by atoms with Crippen molar-refractivity contribution in [3.8, 4) is 34.1 Å². The Labute approximate surface area is 266 Å². The van der Waals surface area contributed by atoms with Gasteiger partial charge in [-0.1, -0.05) is 109 Å². The fraction of sp³-hybridized carbons (Fsp3) is 0.0526. The Morgan fingerprint density at radius 1 is 0.689 bits per heavy atom. The summed E-state index contributed by atoms with van der Waals surface area (Å²) < 4.78 is 9.07. The monoisotopic (exact) mass is 605 g/mol. The summed E-state index contributed by atoms with van der Waals surface area (Å²) in [5, 5.41) is 5.55. The van der Waals surface area contributed by atoms with Crippen LogP contribution in [0.2, 0.25) is 5.02 Å². The Morgan fingerprint density at radius 3 is 1.87 bits per heavy atom. The summed E-state index contributed by atoms with van der Waals surface area (Å²) in [6.45, 7) is 1.98. The van der Waals surface area contributed by atoms with Crippen LogP contribution in [0.15, 0.2) is 152 Å². The standard InChI is InChI=1S/C38H28ClN5O/c1-27-33(39)23-28(37-32(34-20-22-40-26-42-34)25-44(43-37)36-19-11-12-21-41-36)24-35(27)45-38(29-13-5-2-6-14-29,30-15-7-3-8-16-30)31-17-9-4-10-18-31/h2-26H,1H3. The number of nitrogens with zero attached hydrogens (tertiary/aromatic N) is 5. The van der Waals surface area contributed by atoms with E-state index in [0.29, 0.717) is 22.3 Å². The molecule has 0 saturated heterocycles. The van der Waals surface area contributed by atoms with E-state index in [1.807, 2.05) is 104 Å². The van der Waals surface area contributed by atoms with Crippen molar-refractivity contribution in [3.63, 3.8) is 0 Å². The number of benzene rings is 4. The first-order valence-corrected chi connectivity index (χ1v) is 14.9. The Hall–Kier alpha value is -5.59. The highest BCUT2D eigenvalue weighted by Crippen LogP contribution is 2.44. The molecule has 45 heavy (non-hydrogen) atoms. The van der Waals surface area contributed by atoms with Gasteiger partial charge in [-0.05, 0) is 37.3 Å². The second-order valence-electron chi connectivity index (χ2n) is 10.6. The maximum Gasteiger partial charge on any atom is 0.184 e. The van der Waals surface area contributed by atoms with E-state index < -0.39 is 5.60 Å². The summed E-state index contributed by atoms with van der Waals surface area (Å²) in [5.41, 5.74) is 5.84. The molecule has 0 aliphatic carbocycles. The van der Waals surface area contributed by atoms with Gasteiger partial charge in [0.15, 0.2) is 11.4 Å². The Kier molecular flexibility index (Phi) is 7.64. The third kappa shape index (κ3) is 5.37. The maximum absolute atomic E-state index is 7.31. The average Bonchev–Trinajstić information content (AvgIpc) is 3.57. The van der Waals surface area contributed by atoms with Crippen LogP contribution in [0.3, 0.4) is 0 Å². The van der Waals surface area contributed by atoms with Crippen molar-refractivity contribution in [2.24, 2.45) is 0 Å². The van der Waals surface area contributed by atoms with Gasteiger partial charge in [0, 0.05) is 57.0 Å². The highest BCUT2D eigenvalue weighted by Gasteiger charge is 2.39. The molecule has 6 nitrogen and oxygen atoms in total. The maximum atomic E-state index is 7.31. The van der Waals surface area contributed by atoms with Gasteiger partial charge >= 0.3 is 0 Å². The molecule has 0 aliphatic heterocycles. The molecule has 0 atom stereocenters. The molecule has 0 N–H and O–H groups in total. The van der Waals surface area contributed by atoms with Crippen LogP contribution >= 0.6 is 11.6 Å². The van der Waals surface area contributed by atoms with E-state index in [2.05, 4.69) is 51.4 Å². The normalized spacial score (nSPS) is 11.3. The van der Waals surface area contributed by atoms with Gasteiger partial charge in [0.2, 0.25) is 0 Å². The van der Waals surface area contributed by atoms with E-state index >= 15 is 0 Å². The lowest BCUT2D eigenvalue weighted by Crippen LogP contribution is -2.36. The van der Waals surface area contributed by atoms with Crippen molar-refractivity contribution in [2.75, 3.05) is 0 Å². The molecule has 7 aromatic rings. The molecule has 0 unspecified atom stereocenters. The largest absolute Gasteiger partial charge is 0.473 e. The fourth-order valence-electron chi connectivity index (χ4n) is 5.59. The molecule has 0 radical (unpaired) electrons. The van der Waals surface area contributed by atoms with Crippen LogP contribution in [-0.2, 0) is 5.60 Å². The molecule has 0 spiro atoms. The van der Waals surface area contributed by atoms with Gasteiger partial charge in [0.05, 0.1) is 5.69 Å². The molecule has 3 heterocycles. The highest BCUT2D eigenvalue weighted by atomic mass is 35.5. The lowest BCUT2D eigenvalue weighted by Gasteiger charge is -2.37. The molecule has 7 heteroatoms. The average molecular weight is 606 g/mol. The molecule has 3 aromatic heterocycles. The van der Waals surface area contributed by atoms with Crippen LogP contribution in [0.5, 0.6) is 5.75 Å². The lowest BCUT2D eigenvalue weighted by atomic mass is 9.80. The summed E-state index contributed by atoms with van der Waals surface area (Å²) in [5.74, 6) is 1.32. The van der Waals surface area contributed by atoms with Crippen LogP contribution in [0, 0.1) is 6.92 Å². The number of rotatable bonds is 8. The summed E-state index contributed by atoms with van der Waals surface area (Å²) >= 11 is 7.01. The second-order valence-corrected chi connectivity index (χ2v) is 11.0. The second kappa shape index (κ2) is 12.2. The van der Waals surface area contributed by atoms with Crippen LogP contribution in [0.25, 0.3) is 28.3 Å². The molecule has 4 aromatic carbocycles. The zero-order valence-electron chi connectivity index (χ0n) is 24.5. The molecule has 0 amide bonds. The van der Waals surface area contributed by atoms with E-state index in [-0.39, 0.29) is 0 Å². The van der Waals surface area contributed by atoms with Gasteiger partial charge in [-0.25, -0.2) is 19.6 Å². The van der Waals surface area contributed by atoms with Crippen molar-refractivity contribution in [3.05, 3.63) is 180 Å². The minimum Gasteiger partial charge on any atom is -0.473 e. The first-order valence-electron chi connectivity index (χ1n) is 14.6. The Balaban J connectivity index is 1.45. The van der Waals surface area contributed by atoms with Crippen molar-refractivity contribution in [1.29, 1.82) is 0 Å². The van der Waals surface area contributed by atoms with Gasteiger partial charge in [-0.3, -0.25) is 0 Å². The van der Waals surface area contributed by atoms with E-state index in [4.69, 9.17) is 21.4 Å². The van der Waals surface area contributed by atoms with Gasteiger partial charge in [-0.15, -0.1) is 0 Å². The third-order valence-electron chi connectivity index (χ3n) is 7.83. The van der Waals surface area contributed by atoms with Crippen molar-refractivity contribution in [1.82, 2.24) is 24.7 Å². The zero-order valence-corrected chi connectivity index (χ0v) is 25.2. The van der Waals surface area contributed by atoms with Crippen molar-refractivity contribution in [2.45, 2.75) is 12.5 Å². The Morgan fingerprint density at radius 2 is 1.31 bits per heavy atom. The van der Waals surface area contributed by atoms with Crippen LogP contribution < -0.4 is 4.74 Å². The quantitative estimate of drug-likeness (QED) is 0.162. The molecule has 0 fully saturated rings. The number of hydrogen-bond donors (Lipinski definition) is 0. The van der Waals surface area contributed by atoms with Crippen molar-refractivity contribution >= 4 is 11.6 Å². The SMILES string of the molecule is Cc1c(Cl)cc(-c2nn(-c3ccccn3)cc2-c2ccncn2)cc1OC(c1ccccc1)(c1ccccc1)c1ccccc1. The molecule has 0 aliphatic rings. The number of aromatic nitrogens is 5. The van der Waals surface area contributed by atoms with Crippen LogP contribution in [-0.4, -0.2) is 24.7 Å². The van der Waals surface area contributed by atoms with Gasteiger partial charge < -0.3 is 4.74 Å². The van der Waals surface area contributed by atoms with E-state index in [9.17, 15) is 0 Å². The zero-order chi connectivity index (χ0) is 30.6. The van der Waals surface area contributed by atoms with Crippen LogP contribution in [0.4, 0.5) is 0 Å². The summed E-state index contributed by atoms with van der Waals surface area (Å²) in [6, 6.07) is 42.4. The third-order valence-corrected chi connectivity index (χ3v) is 8.22. The number of hydrogen-bond acceptors (Lipinski definition) is 5. The van der Waals surface area contributed by atoms with Crippen LogP contribution in [0.1, 0.15) is 22.3 Å². The molecule has 0 saturated carbocycles. The molecular weight excluding hydrogens is 578 g/mol.